The minimum atomic E-state index is -0.544. The lowest BCUT2D eigenvalue weighted by atomic mass is 9.94. The van der Waals surface area contributed by atoms with Crippen molar-refractivity contribution < 1.29 is 4.79 Å². The van der Waals surface area contributed by atoms with Crippen LogP contribution in [0.5, 0.6) is 0 Å². The first-order chi connectivity index (χ1) is 9.22. The molecule has 0 aromatic heterocycles. The largest absolute Gasteiger partial charge is 0.341 e. The highest BCUT2D eigenvalue weighted by molar-refractivity contribution is 5.83. The van der Waals surface area contributed by atoms with Gasteiger partial charge < -0.3 is 16.4 Å². The fraction of sp³-hybridized carbons (Fsp3) is 0.533. The number of benzene rings is 1. The number of nitrogens with zero attached hydrogens (tertiary/aromatic N) is 1. The number of piperidine rings is 1. The van der Waals surface area contributed by atoms with Gasteiger partial charge in [0.2, 0.25) is 5.91 Å². The first kappa shape index (κ1) is 14.0. The van der Waals surface area contributed by atoms with Crippen LogP contribution in [0.25, 0.3) is 0 Å². The zero-order valence-corrected chi connectivity index (χ0v) is 11.3. The Kier molecular flexibility index (Phi) is 4.93. The Labute approximate surface area is 114 Å². The molecule has 1 aromatic rings. The molecule has 1 saturated heterocycles. The summed E-state index contributed by atoms with van der Waals surface area (Å²) in [6.07, 6.45) is 3.21. The molecule has 1 fully saturated rings. The van der Waals surface area contributed by atoms with Crippen LogP contribution >= 0.6 is 0 Å². The lowest BCUT2D eigenvalue weighted by Gasteiger charge is -2.34. The molecule has 1 aliphatic heterocycles. The van der Waals surface area contributed by atoms with Gasteiger partial charge in [-0.25, -0.2) is 0 Å². The molecule has 0 bridgehead atoms. The van der Waals surface area contributed by atoms with Gasteiger partial charge in [0.15, 0.2) is 0 Å². The molecule has 0 spiro atoms. The maximum absolute atomic E-state index is 12.4. The smallest absolute Gasteiger partial charge is 0.244 e. The number of hydrogen-bond donors (Lipinski definition) is 2. The fourth-order valence-electron chi connectivity index (χ4n) is 2.74. The van der Waals surface area contributed by atoms with E-state index in [4.69, 9.17) is 11.5 Å². The summed E-state index contributed by atoms with van der Waals surface area (Å²) in [4.78, 5) is 14.3. The molecule has 1 aromatic carbocycles. The van der Waals surface area contributed by atoms with Crippen LogP contribution in [0, 0.1) is 5.92 Å². The minimum absolute atomic E-state index is 0.0351. The molecule has 2 rings (SSSR count). The monoisotopic (exact) mass is 261 g/mol. The van der Waals surface area contributed by atoms with Gasteiger partial charge in [-0.1, -0.05) is 30.3 Å². The molecule has 4 heteroatoms. The maximum atomic E-state index is 12.4. The molecule has 1 aliphatic rings. The van der Waals surface area contributed by atoms with Crippen LogP contribution in [0.2, 0.25) is 0 Å². The van der Waals surface area contributed by atoms with E-state index < -0.39 is 6.04 Å². The van der Waals surface area contributed by atoms with Gasteiger partial charge in [0.25, 0.3) is 0 Å². The molecule has 19 heavy (non-hydrogen) atoms. The molecule has 4 nitrogen and oxygen atoms in total. The van der Waals surface area contributed by atoms with Gasteiger partial charge in [0, 0.05) is 13.1 Å². The summed E-state index contributed by atoms with van der Waals surface area (Å²) in [6.45, 7) is 2.31. The number of rotatable bonds is 4. The van der Waals surface area contributed by atoms with Gasteiger partial charge in [-0.3, -0.25) is 4.79 Å². The molecule has 0 saturated carbocycles. The summed E-state index contributed by atoms with van der Waals surface area (Å²) in [6, 6.07) is 9.02. The second-order valence-electron chi connectivity index (χ2n) is 5.26. The average molecular weight is 261 g/mol. The van der Waals surface area contributed by atoms with Crippen molar-refractivity contribution in [1.82, 2.24) is 4.90 Å². The van der Waals surface area contributed by atoms with Crippen LogP contribution in [-0.4, -0.2) is 30.4 Å². The first-order valence-electron chi connectivity index (χ1n) is 7.01. The van der Waals surface area contributed by atoms with E-state index >= 15 is 0 Å². The van der Waals surface area contributed by atoms with E-state index in [0.29, 0.717) is 12.5 Å². The number of hydrogen-bond acceptors (Lipinski definition) is 3. The van der Waals surface area contributed by atoms with Crippen LogP contribution in [0.3, 0.4) is 0 Å². The van der Waals surface area contributed by atoms with Crippen LogP contribution in [0.4, 0.5) is 0 Å². The zero-order valence-electron chi connectivity index (χ0n) is 11.3. The highest BCUT2D eigenvalue weighted by Crippen LogP contribution is 2.22. The normalized spacial score (nSPS) is 21.2. The predicted molar refractivity (Wildman–Crippen MR) is 76.3 cm³/mol. The number of amides is 1. The van der Waals surface area contributed by atoms with E-state index in [1.54, 1.807) is 0 Å². The average Bonchev–Trinajstić information content (AvgIpc) is 2.47. The SMILES string of the molecule is NCCC1CCCN(C(=O)C(N)c2ccccc2)C1. The van der Waals surface area contributed by atoms with Gasteiger partial charge in [-0.05, 0) is 37.3 Å². The zero-order chi connectivity index (χ0) is 13.7. The maximum Gasteiger partial charge on any atom is 0.244 e. The first-order valence-corrected chi connectivity index (χ1v) is 7.01. The van der Waals surface area contributed by atoms with E-state index in [1.165, 1.54) is 6.42 Å². The van der Waals surface area contributed by atoms with E-state index in [1.807, 2.05) is 35.2 Å². The van der Waals surface area contributed by atoms with E-state index in [2.05, 4.69) is 0 Å². The van der Waals surface area contributed by atoms with Crippen LogP contribution in [0.1, 0.15) is 30.9 Å². The summed E-state index contributed by atoms with van der Waals surface area (Å²) in [7, 11) is 0. The Morgan fingerprint density at radius 1 is 1.37 bits per heavy atom. The number of carbonyl (C=O) groups is 1. The molecule has 0 radical (unpaired) electrons. The molecule has 4 N–H and O–H groups in total. The van der Waals surface area contributed by atoms with Crippen molar-refractivity contribution in [3.8, 4) is 0 Å². The van der Waals surface area contributed by atoms with Crippen molar-refractivity contribution in [1.29, 1.82) is 0 Å². The van der Waals surface area contributed by atoms with Crippen LogP contribution in [0.15, 0.2) is 30.3 Å². The van der Waals surface area contributed by atoms with E-state index in [0.717, 1.165) is 31.5 Å². The fourth-order valence-corrected chi connectivity index (χ4v) is 2.74. The van der Waals surface area contributed by atoms with Crippen molar-refractivity contribution in [2.45, 2.75) is 25.3 Å². The number of nitrogens with two attached hydrogens (primary N) is 2. The third kappa shape index (κ3) is 3.55. The van der Waals surface area contributed by atoms with Gasteiger partial charge >= 0.3 is 0 Å². The molecule has 104 valence electrons. The lowest BCUT2D eigenvalue weighted by Crippen LogP contribution is -2.44. The topological polar surface area (TPSA) is 72.3 Å². The summed E-state index contributed by atoms with van der Waals surface area (Å²) in [5.74, 6) is 0.568. The predicted octanol–water partition coefficient (Wildman–Crippen LogP) is 1.27. The molecule has 1 heterocycles. The third-order valence-corrected chi connectivity index (χ3v) is 3.83. The number of carbonyl (C=O) groups excluding carboxylic acids is 1. The van der Waals surface area contributed by atoms with Crippen molar-refractivity contribution in [3.63, 3.8) is 0 Å². The van der Waals surface area contributed by atoms with Crippen molar-refractivity contribution in [2.75, 3.05) is 19.6 Å². The Morgan fingerprint density at radius 2 is 2.11 bits per heavy atom. The van der Waals surface area contributed by atoms with E-state index in [-0.39, 0.29) is 5.91 Å². The van der Waals surface area contributed by atoms with Gasteiger partial charge in [-0.2, -0.15) is 0 Å². The van der Waals surface area contributed by atoms with Crippen molar-refractivity contribution in [3.05, 3.63) is 35.9 Å². The Morgan fingerprint density at radius 3 is 2.79 bits per heavy atom. The lowest BCUT2D eigenvalue weighted by molar-refractivity contribution is -0.134. The quantitative estimate of drug-likeness (QED) is 0.857. The Bertz CT molecular complexity index is 405. The highest BCUT2D eigenvalue weighted by Gasteiger charge is 2.27. The summed E-state index contributed by atoms with van der Waals surface area (Å²) in [5, 5.41) is 0. The third-order valence-electron chi connectivity index (χ3n) is 3.83. The molecule has 2 unspecified atom stereocenters. The van der Waals surface area contributed by atoms with Gasteiger partial charge in [-0.15, -0.1) is 0 Å². The summed E-state index contributed by atoms with van der Waals surface area (Å²) < 4.78 is 0. The Balaban J connectivity index is 1.99. The van der Waals surface area contributed by atoms with Crippen LogP contribution in [-0.2, 0) is 4.79 Å². The molecule has 1 amide bonds. The molecule has 0 aliphatic carbocycles. The highest BCUT2D eigenvalue weighted by atomic mass is 16.2. The van der Waals surface area contributed by atoms with Crippen LogP contribution < -0.4 is 11.5 Å². The van der Waals surface area contributed by atoms with Gasteiger partial charge in [0.05, 0.1) is 0 Å². The summed E-state index contributed by atoms with van der Waals surface area (Å²) >= 11 is 0. The second-order valence-corrected chi connectivity index (χ2v) is 5.26. The molecular weight excluding hydrogens is 238 g/mol. The van der Waals surface area contributed by atoms with Crippen molar-refractivity contribution >= 4 is 5.91 Å². The number of likely N-dealkylation sites (tertiary alicyclic amines) is 1. The summed E-state index contributed by atoms with van der Waals surface area (Å²) in [5.41, 5.74) is 12.6. The second kappa shape index (κ2) is 6.68. The minimum Gasteiger partial charge on any atom is -0.341 e. The molecule has 2 atom stereocenters. The van der Waals surface area contributed by atoms with E-state index in [9.17, 15) is 4.79 Å². The standard InChI is InChI=1S/C15H23N3O/c16-9-8-12-5-4-10-18(11-12)15(19)14(17)13-6-2-1-3-7-13/h1-3,6-7,12,14H,4-5,8-11,16-17H2. The molecular formula is C15H23N3O. The van der Waals surface area contributed by atoms with Crippen molar-refractivity contribution in [2.24, 2.45) is 17.4 Å². The van der Waals surface area contributed by atoms with Gasteiger partial charge in [0.1, 0.15) is 6.04 Å². The Hall–Kier alpha value is -1.39.